The first-order valence-corrected chi connectivity index (χ1v) is 19.4. The quantitative estimate of drug-likeness (QED) is 0.0669. The summed E-state index contributed by atoms with van der Waals surface area (Å²) >= 11 is 0. The molecule has 0 aromatic carbocycles. The molecule has 1 aromatic heterocycles. The van der Waals surface area contributed by atoms with Crippen LogP contribution in [-0.2, 0) is 66.7 Å². The van der Waals surface area contributed by atoms with E-state index in [-0.39, 0.29) is 12.0 Å². The van der Waals surface area contributed by atoms with Crippen molar-refractivity contribution in [2.24, 2.45) is 34.5 Å². The lowest BCUT2D eigenvalue weighted by Crippen LogP contribution is -2.68. The summed E-state index contributed by atoms with van der Waals surface area (Å²) in [7, 11) is 0. The second-order valence-corrected chi connectivity index (χ2v) is 17.3. The average Bonchev–Trinajstić information content (AvgIpc) is 3.38. The molecule has 14 atom stereocenters. The minimum Gasteiger partial charge on any atom is -0.481 e. The smallest absolute Gasteiger partial charge is 0.348 e. The van der Waals surface area contributed by atoms with E-state index in [1.807, 2.05) is 0 Å². The number of epoxide rings is 1. The fourth-order valence-corrected chi connectivity index (χ4v) is 10.3. The van der Waals surface area contributed by atoms with Crippen molar-refractivity contribution in [2.45, 2.75) is 135 Å². The first kappa shape index (κ1) is 45.3. The Kier molecular flexibility index (Phi) is 12.5. The Bertz CT molecular complexity index is 1820. The van der Waals surface area contributed by atoms with Crippen LogP contribution in [0.1, 0.15) is 86.6 Å². The fourth-order valence-electron chi connectivity index (χ4n) is 10.3. The zero-order valence-electron chi connectivity index (χ0n) is 34.5. The highest BCUT2D eigenvalue weighted by atomic mass is 16.7. The van der Waals surface area contributed by atoms with Crippen LogP contribution < -0.4 is 0 Å². The van der Waals surface area contributed by atoms with Crippen LogP contribution in [0, 0.1) is 34.5 Å². The van der Waals surface area contributed by atoms with Crippen molar-refractivity contribution in [3.05, 3.63) is 36.3 Å². The standard InChI is InChI=1S/C41H54O18/c1-18(2)30(49)36(50)57-34-32(53-17-43)28(39(9,25(14-26(46)47)54-21(6)44)24-13-27(48)58-38(24,8)16-42)20(5)41-35(59-41)33(29(40(34,41)10)23-11-12-52-15-23)56-37(51)31(19(3)4)55-22(7)45/h11-12,15,17-19,24-25,28-35,42,49H,5,13-14,16H2,1-4,6-10H3,(H,46,47). The molecular formula is C41H54O18. The van der Waals surface area contributed by atoms with Crippen LogP contribution in [0.25, 0.3) is 0 Å². The number of aliphatic hydroxyl groups is 2. The van der Waals surface area contributed by atoms with Crippen LogP contribution >= 0.6 is 0 Å². The molecule has 3 heterocycles. The Morgan fingerprint density at radius 2 is 1.66 bits per heavy atom. The van der Waals surface area contributed by atoms with E-state index < -0.39 is 150 Å². The predicted molar refractivity (Wildman–Crippen MR) is 197 cm³/mol. The van der Waals surface area contributed by atoms with E-state index in [1.54, 1.807) is 40.7 Å². The van der Waals surface area contributed by atoms with E-state index in [0.717, 1.165) is 13.8 Å². The molecule has 0 amide bonds. The van der Waals surface area contributed by atoms with Crippen LogP contribution in [0.4, 0.5) is 0 Å². The molecule has 0 radical (unpaired) electrons. The lowest BCUT2D eigenvalue weighted by molar-refractivity contribution is -0.227. The summed E-state index contributed by atoms with van der Waals surface area (Å²) in [4.78, 5) is 91.4. The monoisotopic (exact) mass is 834 g/mol. The summed E-state index contributed by atoms with van der Waals surface area (Å²) in [5.41, 5.74) is -6.51. The summed E-state index contributed by atoms with van der Waals surface area (Å²) < 4.78 is 47.3. The highest BCUT2D eigenvalue weighted by Crippen LogP contribution is 2.77. The van der Waals surface area contributed by atoms with Crippen molar-refractivity contribution < 1.29 is 86.5 Å². The molecule has 4 aliphatic rings. The van der Waals surface area contributed by atoms with Gasteiger partial charge in [0.05, 0.1) is 37.4 Å². The molecule has 0 bridgehead atoms. The molecule has 3 N–H and O–H groups in total. The van der Waals surface area contributed by atoms with Gasteiger partial charge in [-0.25, -0.2) is 9.59 Å². The van der Waals surface area contributed by atoms with Gasteiger partial charge in [0.15, 0.2) is 6.10 Å². The van der Waals surface area contributed by atoms with Crippen molar-refractivity contribution in [1.82, 2.24) is 0 Å². The molecular weight excluding hydrogens is 780 g/mol. The molecule has 1 aromatic rings. The van der Waals surface area contributed by atoms with Gasteiger partial charge in [0.2, 0.25) is 6.10 Å². The number of cyclic esters (lactones) is 1. The third kappa shape index (κ3) is 7.41. The van der Waals surface area contributed by atoms with E-state index in [2.05, 4.69) is 6.58 Å². The maximum absolute atomic E-state index is 14.0. The van der Waals surface area contributed by atoms with Gasteiger partial charge in [0, 0.05) is 42.9 Å². The van der Waals surface area contributed by atoms with E-state index in [9.17, 15) is 48.9 Å². The van der Waals surface area contributed by atoms with Crippen molar-refractivity contribution in [3.63, 3.8) is 0 Å². The van der Waals surface area contributed by atoms with Crippen LogP contribution in [0.15, 0.2) is 35.2 Å². The molecule has 2 aliphatic carbocycles. The summed E-state index contributed by atoms with van der Waals surface area (Å²) in [6, 6.07) is 1.58. The molecule has 1 spiro atoms. The Morgan fingerprint density at radius 3 is 2.17 bits per heavy atom. The van der Waals surface area contributed by atoms with E-state index >= 15 is 0 Å². The zero-order chi connectivity index (χ0) is 44.2. The van der Waals surface area contributed by atoms with Crippen molar-refractivity contribution in [1.29, 1.82) is 0 Å². The molecule has 5 rings (SSSR count). The number of aliphatic hydroxyl groups excluding tert-OH is 2. The molecule has 18 nitrogen and oxygen atoms in total. The number of ether oxygens (including phenoxy) is 7. The predicted octanol–water partition coefficient (Wildman–Crippen LogP) is 2.40. The van der Waals surface area contributed by atoms with Crippen LogP contribution in [0.5, 0.6) is 0 Å². The Balaban J connectivity index is 1.84. The maximum Gasteiger partial charge on any atom is 0.348 e. The molecule has 18 heteroatoms. The second-order valence-electron chi connectivity index (χ2n) is 17.3. The highest BCUT2D eigenvalue weighted by molar-refractivity contribution is 5.80. The van der Waals surface area contributed by atoms with E-state index in [4.69, 9.17) is 37.6 Å². The number of rotatable bonds is 17. The third-order valence-electron chi connectivity index (χ3n) is 13.0. The van der Waals surface area contributed by atoms with Gasteiger partial charge in [0.25, 0.3) is 6.47 Å². The topological polar surface area (TPSA) is 261 Å². The van der Waals surface area contributed by atoms with Crippen LogP contribution in [-0.4, -0.2) is 118 Å². The minimum atomic E-state index is -1.90. The van der Waals surface area contributed by atoms with Gasteiger partial charge in [-0.15, -0.1) is 0 Å². The fraction of sp³-hybridized carbons (Fsp3) is 0.683. The maximum atomic E-state index is 14.0. The third-order valence-corrected chi connectivity index (χ3v) is 13.0. The van der Waals surface area contributed by atoms with Crippen LogP contribution in [0.3, 0.4) is 0 Å². The van der Waals surface area contributed by atoms with Crippen molar-refractivity contribution in [3.8, 4) is 0 Å². The van der Waals surface area contributed by atoms with Crippen LogP contribution in [0.2, 0.25) is 0 Å². The number of aliphatic carboxylic acids is 1. The molecule has 2 aliphatic heterocycles. The average molecular weight is 835 g/mol. The van der Waals surface area contributed by atoms with Crippen molar-refractivity contribution >= 4 is 42.3 Å². The first-order chi connectivity index (χ1) is 27.5. The number of carboxylic acids is 1. The van der Waals surface area contributed by atoms with Gasteiger partial charge in [-0.3, -0.25) is 24.0 Å². The van der Waals surface area contributed by atoms with E-state index in [0.29, 0.717) is 5.56 Å². The number of carbonyl (C=O) groups is 7. The van der Waals surface area contributed by atoms with Crippen molar-refractivity contribution in [2.75, 3.05) is 6.61 Å². The number of carbonyl (C=O) groups excluding carboxylic acids is 6. The Labute approximate surface area is 340 Å². The lowest BCUT2D eigenvalue weighted by Gasteiger charge is -2.59. The van der Waals surface area contributed by atoms with Gasteiger partial charge in [-0.05, 0) is 30.0 Å². The lowest BCUT2D eigenvalue weighted by atomic mass is 9.47. The van der Waals surface area contributed by atoms with Gasteiger partial charge >= 0.3 is 35.8 Å². The zero-order valence-corrected chi connectivity index (χ0v) is 34.5. The van der Waals surface area contributed by atoms with Gasteiger partial charge < -0.3 is 52.9 Å². The molecule has 14 unspecified atom stereocenters. The second kappa shape index (κ2) is 16.3. The van der Waals surface area contributed by atoms with Gasteiger partial charge in [-0.1, -0.05) is 48.1 Å². The van der Waals surface area contributed by atoms with Gasteiger partial charge in [-0.2, -0.15) is 0 Å². The molecule has 326 valence electrons. The normalized spacial score (nSPS) is 34.6. The Hall–Kier alpha value is -4.81. The summed E-state index contributed by atoms with van der Waals surface area (Å²) in [6.07, 6.45) is -9.08. The number of esters is 5. The highest BCUT2D eigenvalue weighted by Gasteiger charge is 2.88. The minimum absolute atomic E-state index is 0.0723. The number of hydrogen-bond acceptors (Lipinski definition) is 17. The molecule has 2 saturated heterocycles. The molecule has 2 saturated carbocycles. The number of carboxylic acid groups (broad SMARTS) is 1. The summed E-state index contributed by atoms with van der Waals surface area (Å²) in [5.74, 6) is -10.9. The number of hydrogen-bond donors (Lipinski definition) is 3. The first-order valence-electron chi connectivity index (χ1n) is 19.4. The summed E-state index contributed by atoms with van der Waals surface area (Å²) in [6.45, 7) is 16.9. The van der Waals surface area contributed by atoms with E-state index in [1.165, 1.54) is 26.4 Å². The molecule has 4 fully saturated rings. The SMILES string of the molecule is C=C1C(C(C)(C(CC(=O)O)OC(C)=O)C2CC(=O)OC2(C)CO)C(OC=O)C(OC(=O)C(O)C(C)C)C2(C)C(c3ccoc3)C(OC(=O)C(OC(C)=O)C(C)C)C3OC132. The summed E-state index contributed by atoms with van der Waals surface area (Å²) in [5, 5.41) is 32.1. The van der Waals surface area contributed by atoms with Gasteiger partial charge in [0.1, 0.15) is 41.7 Å². The number of furan rings is 1. The molecule has 59 heavy (non-hydrogen) atoms. The Morgan fingerprint density at radius 1 is 1.02 bits per heavy atom. The largest absolute Gasteiger partial charge is 0.481 e.